The summed E-state index contributed by atoms with van der Waals surface area (Å²) in [5, 5.41) is 14.7. The summed E-state index contributed by atoms with van der Waals surface area (Å²) >= 11 is 0. The molecule has 4 rings (SSSR count). The molecule has 2 aliphatic rings. The number of rotatable bonds is 8. The van der Waals surface area contributed by atoms with Gasteiger partial charge in [-0.05, 0) is 49.1 Å². The Labute approximate surface area is 205 Å². The zero-order chi connectivity index (χ0) is 25.0. The van der Waals surface area contributed by atoms with Gasteiger partial charge in [0.05, 0.1) is 12.0 Å². The summed E-state index contributed by atoms with van der Waals surface area (Å²) in [6, 6.07) is 15.8. The molecule has 1 saturated heterocycles. The van der Waals surface area contributed by atoms with Crippen LogP contribution in [0.2, 0.25) is 0 Å². The first-order valence-electron chi connectivity index (χ1n) is 12.1. The summed E-state index contributed by atoms with van der Waals surface area (Å²) in [7, 11) is 2.01. The number of fused-ring (bicyclic) bond motifs is 3. The number of aliphatic carboxylic acids is 1. The number of hydrogen-bond donors (Lipinski definition) is 3. The van der Waals surface area contributed by atoms with Crippen LogP contribution in [0.4, 0.5) is 4.79 Å². The minimum absolute atomic E-state index is 0.0400. The molecule has 2 amide bonds. The van der Waals surface area contributed by atoms with E-state index in [1.165, 1.54) is 0 Å². The van der Waals surface area contributed by atoms with Gasteiger partial charge in [0.25, 0.3) is 0 Å². The predicted molar refractivity (Wildman–Crippen MR) is 132 cm³/mol. The second-order valence-electron chi connectivity index (χ2n) is 9.78. The van der Waals surface area contributed by atoms with E-state index in [9.17, 15) is 14.4 Å². The molecule has 0 radical (unpaired) electrons. The molecule has 1 atom stereocenters. The number of alkyl carbamates (subject to hydrolysis) is 1. The Hall–Kier alpha value is -3.39. The van der Waals surface area contributed by atoms with Gasteiger partial charge in [-0.2, -0.15) is 0 Å². The summed E-state index contributed by atoms with van der Waals surface area (Å²) in [4.78, 5) is 38.8. The van der Waals surface area contributed by atoms with Crippen molar-refractivity contribution < 1.29 is 24.2 Å². The van der Waals surface area contributed by atoms with E-state index >= 15 is 0 Å². The van der Waals surface area contributed by atoms with Crippen molar-refractivity contribution in [3.8, 4) is 11.1 Å². The molecule has 0 unspecified atom stereocenters. The third kappa shape index (κ3) is 5.82. The first-order chi connectivity index (χ1) is 16.8. The van der Waals surface area contributed by atoms with Crippen molar-refractivity contribution in [2.75, 3.05) is 26.7 Å². The second-order valence-corrected chi connectivity index (χ2v) is 9.78. The fourth-order valence-electron chi connectivity index (χ4n) is 5.19. The van der Waals surface area contributed by atoms with Crippen LogP contribution in [0.1, 0.15) is 49.7 Å². The number of amides is 2. The standard InChI is InChI=1S/C27H33N3O5/c1-18(15-25(32)33)28-24(31)16-27(11-13-30(2)14-12-27)29-26(34)35-17-23-21-9-5-3-7-19(21)20-8-4-6-10-22(20)23/h3-10,18,23H,11-17H2,1-2H3,(H,28,31)(H,29,34)(H,32,33)/t18-/m1/s1. The molecule has 0 spiro atoms. The first kappa shape index (κ1) is 24.7. The summed E-state index contributed by atoms with van der Waals surface area (Å²) in [6.07, 6.45) is 0.599. The topological polar surface area (TPSA) is 108 Å². The Morgan fingerprint density at radius 2 is 1.63 bits per heavy atom. The summed E-state index contributed by atoms with van der Waals surface area (Å²) in [5.41, 5.74) is 3.87. The number of carbonyl (C=O) groups excluding carboxylic acids is 2. The number of nitrogens with one attached hydrogen (secondary N) is 2. The van der Waals surface area contributed by atoms with Crippen molar-refractivity contribution in [2.24, 2.45) is 0 Å². The van der Waals surface area contributed by atoms with Gasteiger partial charge in [-0.25, -0.2) is 4.79 Å². The molecule has 1 fully saturated rings. The minimum atomic E-state index is -0.969. The normalized spacial score (nSPS) is 17.7. The number of carbonyl (C=O) groups is 3. The van der Waals surface area contributed by atoms with E-state index in [2.05, 4.69) is 39.8 Å². The van der Waals surface area contributed by atoms with Gasteiger partial charge in [-0.3, -0.25) is 9.59 Å². The average molecular weight is 480 g/mol. The van der Waals surface area contributed by atoms with E-state index in [-0.39, 0.29) is 31.3 Å². The van der Waals surface area contributed by atoms with E-state index < -0.39 is 23.6 Å². The number of nitrogens with zero attached hydrogens (tertiary/aromatic N) is 1. The lowest BCUT2D eigenvalue weighted by atomic mass is 9.84. The van der Waals surface area contributed by atoms with Crippen LogP contribution >= 0.6 is 0 Å². The number of ether oxygens (including phenoxy) is 1. The number of carboxylic acids is 1. The van der Waals surface area contributed by atoms with E-state index in [1.807, 2.05) is 31.3 Å². The molecular formula is C27H33N3O5. The largest absolute Gasteiger partial charge is 0.481 e. The molecular weight excluding hydrogens is 446 g/mol. The van der Waals surface area contributed by atoms with Crippen LogP contribution in [0.3, 0.4) is 0 Å². The Morgan fingerprint density at radius 3 is 2.20 bits per heavy atom. The maximum atomic E-state index is 13.0. The molecule has 1 heterocycles. The van der Waals surface area contributed by atoms with Crippen LogP contribution in [0.15, 0.2) is 48.5 Å². The molecule has 0 aromatic heterocycles. The van der Waals surface area contributed by atoms with Crippen LogP contribution in [-0.4, -0.2) is 66.3 Å². The van der Waals surface area contributed by atoms with Crippen molar-refractivity contribution in [3.63, 3.8) is 0 Å². The number of carboxylic acid groups (broad SMARTS) is 1. The van der Waals surface area contributed by atoms with Gasteiger partial charge in [0, 0.05) is 31.5 Å². The van der Waals surface area contributed by atoms with E-state index in [0.29, 0.717) is 12.8 Å². The van der Waals surface area contributed by atoms with Gasteiger partial charge >= 0.3 is 12.1 Å². The van der Waals surface area contributed by atoms with Crippen molar-refractivity contribution in [1.29, 1.82) is 0 Å². The fourth-order valence-corrected chi connectivity index (χ4v) is 5.19. The van der Waals surface area contributed by atoms with Crippen molar-refractivity contribution in [3.05, 3.63) is 59.7 Å². The highest BCUT2D eigenvalue weighted by Crippen LogP contribution is 2.44. The maximum Gasteiger partial charge on any atom is 0.407 e. The van der Waals surface area contributed by atoms with Gasteiger partial charge in [0.2, 0.25) is 5.91 Å². The molecule has 3 N–H and O–H groups in total. The highest BCUT2D eigenvalue weighted by molar-refractivity contribution is 5.80. The fraction of sp³-hybridized carbons (Fsp3) is 0.444. The van der Waals surface area contributed by atoms with E-state index in [4.69, 9.17) is 9.84 Å². The third-order valence-electron chi connectivity index (χ3n) is 7.04. The number of benzene rings is 2. The van der Waals surface area contributed by atoms with Gasteiger partial charge < -0.3 is 25.4 Å². The predicted octanol–water partition coefficient (Wildman–Crippen LogP) is 3.36. The van der Waals surface area contributed by atoms with Crippen molar-refractivity contribution in [2.45, 2.75) is 50.1 Å². The lowest BCUT2D eigenvalue weighted by Gasteiger charge is -2.40. The maximum absolute atomic E-state index is 13.0. The molecule has 2 aromatic rings. The smallest absolute Gasteiger partial charge is 0.407 e. The van der Waals surface area contributed by atoms with Gasteiger partial charge in [-0.1, -0.05) is 48.5 Å². The summed E-state index contributed by atoms with van der Waals surface area (Å²) in [6.45, 7) is 3.34. The number of hydrogen-bond acceptors (Lipinski definition) is 5. The molecule has 186 valence electrons. The van der Waals surface area contributed by atoms with Crippen LogP contribution < -0.4 is 10.6 Å². The third-order valence-corrected chi connectivity index (χ3v) is 7.04. The Balaban J connectivity index is 1.41. The lowest BCUT2D eigenvalue weighted by Crippen LogP contribution is -2.57. The second kappa shape index (κ2) is 10.5. The molecule has 35 heavy (non-hydrogen) atoms. The van der Waals surface area contributed by atoms with Crippen LogP contribution in [-0.2, 0) is 14.3 Å². The molecule has 0 bridgehead atoms. The van der Waals surface area contributed by atoms with Gasteiger partial charge in [0.1, 0.15) is 6.61 Å². The SMILES string of the molecule is C[C@H](CC(=O)O)NC(=O)CC1(NC(=O)OCC2c3ccccc3-c3ccccc32)CCN(C)CC1. The van der Waals surface area contributed by atoms with Gasteiger partial charge in [0.15, 0.2) is 0 Å². The van der Waals surface area contributed by atoms with Crippen LogP contribution in [0.5, 0.6) is 0 Å². The summed E-state index contributed by atoms with van der Waals surface area (Å²) < 4.78 is 5.74. The lowest BCUT2D eigenvalue weighted by molar-refractivity contribution is -0.137. The zero-order valence-corrected chi connectivity index (χ0v) is 20.3. The van der Waals surface area contributed by atoms with Crippen LogP contribution in [0, 0.1) is 0 Å². The molecule has 1 aliphatic carbocycles. The highest BCUT2D eigenvalue weighted by Gasteiger charge is 2.38. The molecule has 0 saturated carbocycles. The molecule has 8 heteroatoms. The number of likely N-dealkylation sites (tertiary alicyclic amines) is 1. The summed E-state index contributed by atoms with van der Waals surface area (Å²) in [5.74, 6) is -1.28. The zero-order valence-electron chi connectivity index (χ0n) is 20.3. The molecule has 8 nitrogen and oxygen atoms in total. The Morgan fingerprint density at radius 1 is 1.06 bits per heavy atom. The monoisotopic (exact) mass is 479 g/mol. The molecule has 2 aromatic carbocycles. The van der Waals surface area contributed by atoms with E-state index in [1.54, 1.807) is 6.92 Å². The van der Waals surface area contributed by atoms with Gasteiger partial charge in [-0.15, -0.1) is 0 Å². The quantitative estimate of drug-likeness (QED) is 0.536. The van der Waals surface area contributed by atoms with Crippen LogP contribution in [0.25, 0.3) is 11.1 Å². The minimum Gasteiger partial charge on any atom is -0.481 e. The highest BCUT2D eigenvalue weighted by atomic mass is 16.5. The van der Waals surface area contributed by atoms with Crippen molar-refractivity contribution >= 4 is 18.0 Å². The molecule has 1 aliphatic heterocycles. The number of piperidine rings is 1. The Kier molecular flexibility index (Phi) is 7.40. The first-order valence-corrected chi connectivity index (χ1v) is 12.1. The van der Waals surface area contributed by atoms with Crippen molar-refractivity contribution in [1.82, 2.24) is 15.5 Å². The average Bonchev–Trinajstić information content (AvgIpc) is 3.13. The Bertz CT molecular complexity index is 1050. The van der Waals surface area contributed by atoms with E-state index in [0.717, 1.165) is 35.3 Å².